The lowest BCUT2D eigenvalue weighted by molar-refractivity contribution is 0.0599. The number of hydrogen-bond acceptors (Lipinski definition) is 5. The number of aryl methyl sites for hydroxylation is 1. The molecule has 0 saturated heterocycles. The van der Waals surface area contributed by atoms with Crippen LogP contribution in [0.1, 0.15) is 34.4 Å². The van der Waals surface area contributed by atoms with Crippen LogP contribution in [0.25, 0.3) is 0 Å². The van der Waals surface area contributed by atoms with Gasteiger partial charge in [-0.25, -0.2) is 14.8 Å². The van der Waals surface area contributed by atoms with E-state index in [2.05, 4.69) is 20.6 Å². The first-order valence-electron chi connectivity index (χ1n) is 8.33. The number of guanidine groups is 1. The number of nitrogens with zero attached hydrogens (tertiary/aromatic N) is 2. The number of carbonyl (C=O) groups is 1. The van der Waals surface area contributed by atoms with Gasteiger partial charge >= 0.3 is 5.97 Å². The first-order chi connectivity index (χ1) is 12.5. The summed E-state index contributed by atoms with van der Waals surface area (Å²) in [6.07, 6.45) is 2.55. The number of rotatable bonds is 7. The zero-order valence-electron chi connectivity index (χ0n) is 15.5. The predicted molar refractivity (Wildman–Crippen MR) is 116 cm³/mol. The SMILES string of the molecule is CCNC(=NCc1cc(C(=O)OC)c(C)o1)NCCc1ccc(Cl)nc1.I. The molecule has 2 heterocycles. The molecule has 0 radical (unpaired) electrons. The van der Waals surface area contributed by atoms with Gasteiger partial charge in [-0.2, -0.15) is 0 Å². The summed E-state index contributed by atoms with van der Waals surface area (Å²) >= 11 is 5.78. The van der Waals surface area contributed by atoms with Crippen LogP contribution < -0.4 is 10.6 Å². The molecular weight excluding hydrogens is 483 g/mol. The number of esters is 1. The number of aliphatic imine (C=N–C) groups is 1. The van der Waals surface area contributed by atoms with Crippen LogP contribution in [0.4, 0.5) is 0 Å². The fraction of sp³-hybridized carbons (Fsp3) is 0.389. The van der Waals surface area contributed by atoms with Crippen LogP contribution in [0.5, 0.6) is 0 Å². The molecule has 7 nitrogen and oxygen atoms in total. The normalized spacial score (nSPS) is 10.9. The monoisotopic (exact) mass is 506 g/mol. The van der Waals surface area contributed by atoms with E-state index in [0.717, 1.165) is 18.5 Å². The number of furan rings is 1. The molecule has 0 amide bonds. The molecular formula is C18H24ClIN4O3. The molecule has 0 aromatic carbocycles. The van der Waals surface area contributed by atoms with Crippen molar-refractivity contribution in [1.82, 2.24) is 15.6 Å². The van der Waals surface area contributed by atoms with Gasteiger partial charge < -0.3 is 19.8 Å². The van der Waals surface area contributed by atoms with Crippen molar-refractivity contribution in [2.75, 3.05) is 20.2 Å². The summed E-state index contributed by atoms with van der Waals surface area (Å²) in [5.74, 6) is 1.38. The van der Waals surface area contributed by atoms with Crippen molar-refractivity contribution in [2.45, 2.75) is 26.8 Å². The second-order valence-electron chi connectivity index (χ2n) is 5.54. The van der Waals surface area contributed by atoms with E-state index in [4.69, 9.17) is 20.8 Å². The topological polar surface area (TPSA) is 88.8 Å². The highest BCUT2D eigenvalue weighted by Gasteiger charge is 2.15. The second kappa shape index (κ2) is 11.8. The zero-order chi connectivity index (χ0) is 18.9. The summed E-state index contributed by atoms with van der Waals surface area (Å²) in [5, 5.41) is 6.91. The molecule has 0 saturated carbocycles. The third-order valence-electron chi connectivity index (χ3n) is 3.61. The highest BCUT2D eigenvalue weighted by Crippen LogP contribution is 2.16. The molecule has 0 fully saturated rings. The molecule has 0 aliphatic rings. The lowest BCUT2D eigenvalue weighted by Gasteiger charge is -2.10. The quantitative estimate of drug-likeness (QED) is 0.197. The maximum absolute atomic E-state index is 11.6. The number of halogens is 2. The maximum atomic E-state index is 11.6. The predicted octanol–water partition coefficient (Wildman–Crippen LogP) is 3.34. The fourth-order valence-corrected chi connectivity index (χ4v) is 2.42. The van der Waals surface area contributed by atoms with Crippen LogP contribution in [-0.2, 0) is 17.7 Å². The average Bonchev–Trinajstić information content (AvgIpc) is 3.01. The summed E-state index contributed by atoms with van der Waals surface area (Å²) in [4.78, 5) is 20.2. The van der Waals surface area contributed by atoms with E-state index in [1.165, 1.54) is 7.11 Å². The van der Waals surface area contributed by atoms with Crippen LogP contribution in [0.15, 0.2) is 33.8 Å². The molecule has 0 aliphatic heterocycles. The second-order valence-corrected chi connectivity index (χ2v) is 5.92. The van der Waals surface area contributed by atoms with Crippen molar-refractivity contribution < 1.29 is 13.9 Å². The largest absolute Gasteiger partial charge is 0.465 e. The van der Waals surface area contributed by atoms with Gasteiger partial charge in [0.2, 0.25) is 0 Å². The molecule has 0 spiro atoms. The molecule has 9 heteroatoms. The first-order valence-corrected chi connectivity index (χ1v) is 8.71. The third-order valence-corrected chi connectivity index (χ3v) is 3.83. The number of carbonyl (C=O) groups excluding carboxylic acids is 1. The van der Waals surface area contributed by atoms with Gasteiger partial charge in [0.1, 0.15) is 28.8 Å². The number of ether oxygens (including phenoxy) is 1. The summed E-state index contributed by atoms with van der Waals surface area (Å²) in [5.41, 5.74) is 1.51. The van der Waals surface area contributed by atoms with E-state index < -0.39 is 5.97 Å². The van der Waals surface area contributed by atoms with Gasteiger partial charge in [0, 0.05) is 19.3 Å². The van der Waals surface area contributed by atoms with Crippen LogP contribution >= 0.6 is 35.6 Å². The molecule has 27 heavy (non-hydrogen) atoms. The summed E-state index contributed by atoms with van der Waals surface area (Å²) in [6, 6.07) is 5.38. The molecule has 148 valence electrons. The Hall–Kier alpha value is -1.81. The Kier molecular flexibility index (Phi) is 10.2. The number of nitrogens with one attached hydrogen (secondary N) is 2. The molecule has 0 atom stereocenters. The van der Waals surface area contributed by atoms with Gasteiger partial charge in [0.15, 0.2) is 5.96 Å². The smallest absolute Gasteiger partial charge is 0.341 e. The summed E-state index contributed by atoms with van der Waals surface area (Å²) in [7, 11) is 1.34. The van der Waals surface area contributed by atoms with Gasteiger partial charge in [-0.1, -0.05) is 17.7 Å². The van der Waals surface area contributed by atoms with E-state index in [1.807, 2.05) is 13.0 Å². The third kappa shape index (κ3) is 7.37. The number of hydrogen-bond donors (Lipinski definition) is 2. The number of pyridine rings is 1. The van der Waals surface area contributed by atoms with Gasteiger partial charge in [-0.15, -0.1) is 24.0 Å². The Labute approximate surface area is 181 Å². The molecule has 2 rings (SSSR count). The van der Waals surface area contributed by atoms with Gasteiger partial charge in [0.05, 0.1) is 7.11 Å². The Morgan fingerprint density at radius 1 is 1.37 bits per heavy atom. The molecule has 2 N–H and O–H groups in total. The van der Waals surface area contributed by atoms with Crippen LogP contribution in [0, 0.1) is 6.92 Å². The minimum absolute atomic E-state index is 0. The standard InChI is InChI=1S/C18H23ClN4O3.HI/c1-4-20-18(21-8-7-13-5-6-16(19)22-10-13)23-11-14-9-15(12(2)26-14)17(24)25-3;/h5-6,9-10H,4,7-8,11H2,1-3H3,(H2,20,21,23);1H. The minimum atomic E-state index is -0.414. The Balaban J connectivity index is 0.00000364. The summed E-state index contributed by atoms with van der Waals surface area (Å²) < 4.78 is 10.3. The minimum Gasteiger partial charge on any atom is -0.465 e. The van der Waals surface area contributed by atoms with Crippen molar-refractivity contribution in [1.29, 1.82) is 0 Å². The molecule has 2 aromatic heterocycles. The highest BCUT2D eigenvalue weighted by molar-refractivity contribution is 14.0. The lowest BCUT2D eigenvalue weighted by Crippen LogP contribution is -2.38. The van der Waals surface area contributed by atoms with Crippen molar-refractivity contribution in [3.8, 4) is 0 Å². The Morgan fingerprint density at radius 3 is 2.78 bits per heavy atom. The first kappa shape index (κ1) is 23.2. The summed E-state index contributed by atoms with van der Waals surface area (Å²) in [6.45, 7) is 5.46. The maximum Gasteiger partial charge on any atom is 0.341 e. The van der Waals surface area contributed by atoms with E-state index >= 15 is 0 Å². The molecule has 0 aliphatic carbocycles. The van der Waals surface area contributed by atoms with E-state index in [0.29, 0.717) is 41.3 Å². The van der Waals surface area contributed by atoms with E-state index in [9.17, 15) is 4.79 Å². The van der Waals surface area contributed by atoms with Crippen molar-refractivity contribution in [2.24, 2.45) is 4.99 Å². The lowest BCUT2D eigenvalue weighted by atomic mass is 10.2. The number of methoxy groups -OCH3 is 1. The molecule has 0 unspecified atom stereocenters. The average molecular weight is 507 g/mol. The zero-order valence-corrected chi connectivity index (χ0v) is 18.6. The van der Waals surface area contributed by atoms with Gasteiger partial charge in [0.25, 0.3) is 0 Å². The fourth-order valence-electron chi connectivity index (χ4n) is 2.31. The highest BCUT2D eigenvalue weighted by atomic mass is 127. The van der Waals surface area contributed by atoms with E-state index in [-0.39, 0.29) is 24.0 Å². The van der Waals surface area contributed by atoms with Gasteiger partial charge in [-0.05, 0) is 38.0 Å². The Bertz CT molecular complexity index is 762. The van der Waals surface area contributed by atoms with Crippen molar-refractivity contribution in [3.05, 3.63) is 52.2 Å². The van der Waals surface area contributed by atoms with Crippen molar-refractivity contribution >= 4 is 47.5 Å². The Morgan fingerprint density at radius 2 is 2.15 bits per heavy atom. The molecule has 2 aromatic rings. The van der Waals surface area contributed by atoms with Crippen LogP contribution in [0.2, 0.25) is 5.15 Å². The number of aromatic nitrogens is 1. The van der Waals surface area contributed by atoms with Crippen molar-refractivity contribution in [3.63, 3.8) is 0 Å². The van der Waals surface area contributed by atoms with Gasteiger partial charge in [-0.3, -0.25) is 0 Å². The van der Waals surface area contributed by atoms with Crippen LogP contribution in [-0.4, -0.2) is 37.1 Å². The van der Waals surface area contributed by atoms with Crippen LogP contribution in [0.3, 0.4) is 0 Å². The molecule has 0 bridgehead atoms. The van der Waals surface area contributed by atoms with E-state index in [1.54, 1.807) is 25.3 Å².